The van der Waals surface area contributed by atoms with Crippen LogP contribution >= 0.6 is 22.9 Å². The topological polar surface area (TPSA) is 68.5 Å². The van der Waals surface area contributed by atoms with Crippen LogP contribution in [0.25, 0.3) is 4.96 Å². The lowest BCUT2D eigenvalue weighted by molar-refractivity contribution is 0.316. The summed E-state index contributed by atoms with van der Waals surface area (Å²) in [6.45, 7) is 2.64. The smallest absolute Gasteiger partial charge is 0.275 e. The number of aromatic nitrogens is 3. The van der Waals surface area contributed by atoms with Crippen molar-refractivity contribution in [3.8, 4) is 5.75 Å². The first-order valence-electron chi connectivity index (χ1n) is 8.22. The summed E-state index contributed by atoms with van der Waals surface area (Å²) < 4.78 is 7.15. The molecule has 8 heteroatoms. The number of aryl methyl sites for hydroxylation is 1. The summed E-state index contributed by atoms with van der Waals surface area (Å²) in [4.78, 5) is 17.2. The van der Waals surface area contributed by atoms with Crippen LogP contribution in [0.15, 0.2) is 29.1 Å². The minimum Gasteiger partial charge on any atom is -0.493 e. The SMILES string of the molecule is CCc1cc(=O)n2nc(NC3CCCOc4cc(Cl)ccc43)sc2n1. The number of hydrogen-bond acceptors (Lipinski definition) is 6. The number of nitrogens with one attached hydrogen (secondary N) is 1. The summed E-state index contributed by atoms with van der Waals surface area (Å²) in [5, 5.41) is 9.15. The maximum atomic E-state index is 12.2. The number of hydrogen-bond donors (Lipinski definition) is 1. The van der Waals surface area contributed by atoms with Crippen LogP contribution in [0, 0.1) is 0 Å². The molecule has 0 aliphatic carbocycles. The molecule has 0 saturated heterocycles. The van der Waals surface area contributed by atoms with Gasteiger partial charge >= 0.3 is 0 Å². The van der Waals surface area contributed by atoms with Crippen LogP contribution in [0.1, 0.15) is 37.1 Å². The molecule has 1 unspecified atom stereocenters. The number of rotatable bonds is 3. The van der Waals surface area contributed by atoms with Gasteiger partial charge < -0.3 is 10.1 Å². The van der Waals surface area contributed by atoms with Crippen molar-refractivity contribution < 1.29 is 4.74 Å². The highest BCUT2D eigenvalue weighted by atomic mass is 35.5. The van der Waals surface area contributed by atoms with Crippen LogP contribution in [0.3, 0.4) is 0 Å². The normalized spacial score (nSPS) is 17.0. The van der Waals surface area contributed by atoms with Crippen molar-refractivity contribution in [3.05, 3.63) is 50.9 Å². The molecule has 25 heavy (non-hydrogen) atoms. The van der Waals surface area contributed by atoms with Crippen LogP contribution in [-0.4, -0.2) is 21.2 Å². The number of benzene rings is 1. The molecule has 4 rings (SSSR count). The zero-order chi connectivity index (χ0) is 17.4. The first-order chi connectivity index (χ1) is 12.1. The number of anilines is 1. The van der Waals surface area contributed by atoms with Gasteiger partial charge in [-0.3, -0.25) is 4.79 Å². The van der Waals surface area contributed by atoms with Gasteiger partial charge in [-0.1, -0.05) is 35.9 Å². The van der Waals surface area contributed by atoms with Gasteiger partial charge in [0, 0.05) is 22.3 Å². The third kappa shape index (κ3) is 3.21. The van der Waals surface area contributed by atoms with Crippen LogP contribution in [0.4, 0.5) is 5.13 Å². The van der Waals surface area contributed by atoms with Crippen molar-refractivity contribution in [2.75, 3.05) is 11.9 Å². The van der Waals surface area contributed by atoms with Gasteiger partial charge in [0.2, 0.25) is 10.1 Å². The molecule has 1 aliphatic rings. The summed E-state index contributed by atoms with van der Waals surface area (Å²) in [5.41, 5.74) is 1.68. The standard InChI is InChI=1S/C17H17ClN4O2S/c1-2-11-9-15(23)22-17(19-11)25-16(21-22)20-13-4-3-7-24-14-8-10(18)5-6-12(13)14/h5-6,8-9,13H,2-4,7H2,1H3,(H,20,21). The first kappa shape index (κ1) is 16.4. The molecule has 1 aromatic carbocycles. The van der Waals surface area contributed by atoms with Crippen molar-refractivity contribution in [3.63, 3.8) is 0 Å². The fourth-order valence-electron chi connectivity index (χ4n) is 2.94. The zero-order valence-corrected chi connectivity index (χ0v) is 15.2. The summed E-state index contributed by atoms with van der Waals surface area (Å²) in [5.74, 6) is 0.798. The molecule has 0 bridgehead atoms. The average Bonchev–Trinajstić information content (AvgIpc) is 2.90. The van der Waals surface area contributed by atoms with Crippen molar-refractivity contribution >= 4 is 33.0 Å². The van der Waals surface area contributed by atoms with E-state index >= 15 is 0 Å². The van der Waals surface area contributed by atoms with E-state index in [4.69, 9.17) is 16.3 Å². The predicted molar refractivity (Wildman–Crippen MR) is 99.1 cm³/mol. The fourth-order valence-corrected chi connectivity index (χ4v) is 3.98. The Balaban J connectivity index is 1.69. The third-order valence-electron chi connectivity index (χ3n) is 4.20. The Morgan fingerprint density at radius 3 is 3.16 bits per heavy atom. The van der Waals surface area contributed by atoms with Crippen molar-refractivity contribution in [2.24, 2.45) is 0 Å². The largest absolute Gasteiger partial charge is 0.493 e. The van der Waals surface area contributed by atoms with Gasteiger partial charge in [0.25, 0.3) is 5.56 Å². The van der Waals surface area contributed by atoms with E-state index in [0.29, 0.717) is 21.7 Å². The molecule has 0 spiro atoms. The van der Waals surface area contributed by atoms with Crippen LogP contribution < -0.4 is 15.6 Å². The molecule has 6 nitrogen and oxygen atoms in total. The number of ether oxygens (including phenoxy) is 1. The molecule has 0 amide bonds. The van der Waals surface area contributed by atoms with Crippen molar-refractivity contribution in [1.82, 2.24) is 14.6 Å². The van der Waals surface area contributed by atoms with Crippen LogP contribution in [-0.2, 0) is 6.42 Å². The third-order valence-corrected chi connectivity index (χ3v) is 5.28. The van der Waals surface area contributed by atoms with E-state index in [1.165, 1.54) is 21.9 Å². The molecule has 1 aliphatic heterocycles. The molecular weight excluding hydrogens is 360 g/mol. The second kappa shape index (κ2) is 6.65. The van der Waals surface area contributed by atoms with Gasteiger partial charge in [-0.05, 0) is 31.4 Å². The summed E-state index contributed by atoms with van der Waals surface area (Å²) >= 11 is 7.46. The van der Waals surface area contributed by atoms with E-state index in [1.807, 2.05) is 25.1 Å². The molecule has 1 N–H and O–H groups in total. The Morgan fingerprint density at radius 2 is 2.32 bits per heavy atom. The van der Waals surface area contributed by atoms with Crippen LogP contribution in [0.2, 0.25) is 5.02 Å². The zero-order valence-electron chi connectivity index (χ0n) is 13.7. The van der Waals surface area contributed by atoms with E-state index in [9.17, 15) is 4.79 Å². The number of halogens is 1. The van der Waals surface area contributed by atoms with E-state index in [2.05, 4.69) is 15.4 Å². The Kier molecular flexibility index (Phi) is 4.35. The molecule has 130 valence electrons. The van der Waals surface area contributed by atoms with E-state index in [1.54, 1.807) is 0 Å². The predicted octanol–water partition coefficient (Wildman–Crippen LogP) is 3.69. The highest BCUT2D eigenvalue weighted by Crippen LogP contribution is 2.36. The van der Waals surface area contributed by atoms with E-state index < -0.39 is 0 Å². The lowest BCUT2D eigenvalue weighted by Crippen LogP contribution is -2.16. The molecule has 0 fully saturated rings. The van der Waals surface area contributed by atoms with Gasteiger partial charge in [-0.15, -0.1) is 5.10 Å². The van der Waals surface area contributed by atoms with Gasteiger partial charge in [-0.25, -0.2) is 4.98 Å². The maximum Gasteiger partial charge on any atom is 0.275 e. The van der Waals surface area contributed by atoms with E-state index in [0.717, 1.165) is 36.3 Å². The maximum absolute atomic E-state index is 12.2. The van der Waals surface area contributed by atoms with Gasteiger partial charge in [-0.2, -0.15) is 4.52 Å². The average molecular weight is 377 g/mol. The van der Waals surface area contributed by atoms with Crippen molar-refractivity contribution in [2.45, 2.75) is 32.2 Å². The summed E-state index contributed by atoms with van der Waals surface area (Å²) in [6, 6.07) is 7.27. The number of fused-ring (bicyclic) bond motifs is 2. The Bertz CT molecular complexity index is 984. The molecule has 0 saturated carbocycles. The second-order valence-corrected chi connectivity index (χ2v) is 7.30. The van der Waals surface area contributed by atoms with Crippen molar-refractivity contribution in [1.29, 1.82) is 0 Å². The lowest BCUT2D eigenvalue weighted by atomic mass is 10.0. The molecule has 3 heterocycles. The molecule has 0 radical (unpaired) electrons. The highest BCUT2D eigenvalue weighted by molar-refractivity contribution is 7.20. The quantitative estimate of drug-likeness (QED) is 0.755. The second-order valence-electron chi connectivity index (χ2n) is 5.91. The summed E-state index contributed by atoms with van der Waals surface area (Å²) in [6.07, 6.45) is 2.56. The summed E-state index contributed by atoms with van der Waals surface area (Å²) in [7, 11) is 0. The Morgan fingerprint density at radius 1 is 1.44 bits per heavy atom. The first-order valence-corrected chi connectivity index (χ1v) is 9.42. The minimum atomic E-state index is -0.150. The Labute approximate surface area is 153 Å². The Hall–Kier alpha value is -2.12. The van der Waals surface area contributed by atoms with Gasteiger partial charge in [0.15, 0.2) is 0 Å². The van der Waals surface area contributed by atoms with Gasteiger partial charge in [0.05, 0.1) is 12.6 Å². The molecule has 2 aromatic heterocycles. The molecule has 3 aromatic rings. The molecule has 1 atom stereocenters. The molecular formula is C17H17ClN4O2S. The van der Waals surface area contributed by atoms with Gasteiger partial charge in [0.1, 0.15) is 5.75 Å². The lowest BCUT2D eigenvalue weighted by Gasteiger charge is -2.17. The fraction of sp³-hybridized carbons (Fsp3) is 0.353. The van der Waals surface area contributed by atoms with E-state index in [-0.39, 0.29) is 11.6 Å². The minimum absolute atomic E-state index is 0.0525. The highest BCUT2D eigenvalue weighted by Gasteiger charge is 2.21. The van der Waals surface area contributed by atoms with Crippen LogP contribution in [0.5, 0.6) is 5.75 Å². The monoisotopic (exact) mass is 376 g/mol. The number of nitrogens with zero attached hydrogens (tertiary/aromatic N) is 3.